The van der Waals surface area contributed by atoms with Gasteiger partial charge in [0.05, 0.1) is 6.92 Å². The van der Waals surface area contributed by atoms with Crippen LogP contribution in [-0.4, -0.2) is 6.04 Å². The van der Waals surface area contributed by atoms with Crippen molar-refractivity contribution in [3.05, 3.63) is 6.92 Å². The van der Waals surface area contributed by atoms with Gasteiger partial charge in [-0.1, -0.05) is 19.8 Å². The highest BCUT2D eigenvalue weighted by Crippen LogP contribution is 1.99. The Balaban J connectivity index is 2.86. The van der Waals surface area contributed by atoms with Crippen LogP contribution in [0.2, 0.25) is 0 Å². The van der Waals surface area contributed by atoms with Crippen LogP contribution in [-0.2, 0) is 0 Å². The van der Waals surface area contributed by atoms with Crippen LogP contribution in [0.1, 0.15) is 32.6 Å². The zero-order valence-corrected chi connectivity index (χ0v) is 5.69. The highest BCUT2D eigenvalue weighted by atomic mass is 14.6. The van der Waals surface area contributed by atoms with Crippen LogP contribution < -0.4 is 5.73 Å². The molecule has 1 atom stereocenters. The average Bonchev–Trinajstić information content (AvgIpc) is 1.83. The predicted molar refractivity (Wildman–Crippen MR) is 37.5 cm³/mol. The lowest BCUT2D eigenvalue weighted by Gasteiger charge is -2.01. The third-order valence-electron chi connectivity index (χ3n) is 1.30. The molecule has 1 nitrogen and oxygen atoms in total. The minimum Gasteiger partial charge on any atom is -0.324 e. The summed E-state index contributed by atoms with van der Waals surface area (Å²) in [4.78, 5) is 0. The molecule has 0 fully saturated rings. The summed E-state index contributed by atoms with van der Waals surface area (Å²) >= 11 is 0. The second-order valence-electron chi connectivity index (χ2n) is 2.19. The van der Waals surface area contributed by atoms with E-state index in [4.69, 9.17) is 5.73 Å². The Morgan fingerprint density at radius 2 is 2.25 bits per heavy atom. The lowest BCUT2D eigenvalue weighted by atomic mass is 10.1. The third kappa shape index (κ3) is 4.00. The molecule has 0 radical (unpaired) electrons. The number of nitrogens with two attached hydrogens (primary N) is 1. The van der Waals surface area contributed by atoms with Gasteiger partial charge in [0.25, 0.3) is 0 Å². The van der Waals surface area contributed by atoms with Crippen molar-refractivity contribution in [3.8, 4) is 0 Å². The molecule has 0 aliphatic heterocycles. The smallest absolute Gasteiger partial charge is 0.100 e. The largest absolute Gasteiger partial charge is 0.324 e. The Morgan fingerprint density at radius 3 is 2.62 bits per heavy atom. The fraction of sp³-hybridized carbons (Fsp3) is 0.857. The second-order valence-corrected chi connectivity index (χ2v) is 2.19. The van der Waals surface area contributed by atoms with Gasteiger partial charge in [0, 0.05) is 6.04 Å². The van der Waals surface area contributed by atoms with Gasteiger partial charge in [-0.15, -0.1) is 0 Å². The maximum atomic E-state index is 5.60. The van der Waals surface area contributed by atoms with Gasteiger partial charge in [0.1, 0.15) is 6.42 Å². The van der Waals surface area contributed by atoms with Gasteiger partial charge in [0.2, 0.25) is 0 Å². The van der Waals surface area contributed by atoms with Crippen LogP contribution >= 0.6 is 0 Å². The maximum Gasteiger partial charge on any atom is 0.100 e. The van der Waals surface area contributed by atoms with E-state index >= 15 is 0 Å². The molecule has 0 aromatic carbocycles. The molecule has 0 aromatic rings. The molecule has 0 amide bonds. The molecule has 0 aliphatic carbocycles. The van der Waals surface area contributed by atoms with Crippen molar-refractivity contribution in [2.75, 3.05) is 0 Å². The highest BCUT2D eigenvalue weighted by molar-refractivity contribution is 4.60. The lowest BCUT2D eigenvalue weighted by molar-refractivity contribution is 0.581. The molecule has 0 aromatic heterocycles. The topological polar surface area (TPSA) is 26.0 Å². The van der Waals surface area contributed by atoms with E-state index in [2.05, 4.69) is 13.8 Å². The zero-order valence-electron chi connectivity index (χ0n) is 5.69. The molecule has 0 saturated heterocycles. The van der Waals surface area contributed by atoms with Gasteiger partial charge in [-0.2, -0.15) is 0 Å². The molecule has 0 heterocycles. The van der Waals surface area contributed by atoms with E-state index in [-0.39, 0.29) is 0 Å². The van der Waals surface area contributed by atoms with Crippen molar-refractivity contribution >= 4 is 0 Å². The van der Waals surface area contributed by atoms with Crippen LogP contribution in [0.4, 0.5) is 0 Å². The van der Waals surface area contributed by atoms with E-state index < -0.39 is 0 Å². The Kier molecular flexibility index (Phi) is 4.87. The first-order chi connectivity index (χ1) is 3.81. The zero-order chi connectivity index (χ0) is 6.41. The van der Waals surface area contributed by atoms with Crippen LogP contribution in [0.3, 0.4) is 0 Å². The Hall–Kier alpha value is -0.170. The Labute approximate surface area is 52.3 Å². The van der Waals surface area contributed by atoms with E-state index in [0.717, 1.165) is 12.8 Å². The summed E-state index contributed by atoms with van der Waals surface area (Å²) in [6.45, 7) is 5.89. The summed E-state index contributed by atoms with van der Waals surface area (Å²) < 4.78 is 0. The fourth-order valence-corrected chi connectivity index (χ4v) is 0.611. The van der Waals surface area contributed by atoms with E-state index in [1.165, 1.54) is 12.8 Å². The molecule has 0 saturated carbocycles. The van der Waals surface area contributed by atoms with Crippen LogP contribution in [0.5, 0.6) is 0 Å². The highest BCUT2D eigenvalue weighted by Gasteiger charge is 1.99. The molecule has 0 spiro atoms. The Bertz CT molecular complexity index is 43.7. The quantitative estimate of drug-likeness (QED) is 0.553. The normalized spacial score (nSPS) is 13.8. The van der Waals surface area contributed by atoms with E-state index in [1.54, 1.807) is 0 Å². The first-order valence-corrected chi connectivity index (χ1v) is 3.36. The van der Waals surface area contributed by atoms with E-state index in [1.807, 2.05) is 0 Å². The monoisotopic (exact) mass is 114 g/mol. The summed E-state index contributed by atoms with van der Waals surface area (Å²) in [5, 5.41) is 0. The van der Waals surface area contributed by atoms with Gasteiger partial charge in [-0.3, -0.25) is 0 Å². The van der Waals surface area contributed by atoms with Gasteiger partial charge >= 0.3 is 0 Å². The van der Waals surface area contributed by atoms with Crippen molar-refractivity contribution in [2.45, 2.75) is 38.6 Å². The summed E-state index contributed by atoms with van der Waals surface area (Å²) in [5.74, 6) is 0. The van der Waals surface area contributed by atoms with E-state index in [0.29, 0.717) is 6.04 Å². The molecular formula is C7H16N+. The van der Waals surface area contributed by atoms with Crippen LogP contribution in [0, 0.1) is 6.92 Å². The molecule has 1 heteroatoms. The van der Waals surface area contributed by atoms with Gasteiger partial charge in [-0.25, -0.2) is 0 Å². The minimum absolute atomic E-state index is 0.343. The summed E-state index contributed by atoms with van der Waals surface area (Å²) in [5.41, 5.74) is 5.60. The summed E-state index contributed by atoms with van der Waals surface area (Å²) in [7, 11) is 0. The van der Waals surface area contributed by atoms with Crippen LogP contribution in [0.25, 0.3) is 0 Å². The second kappa shape index (κ2) is 4.98. The number of hydrogen-bond acceptors (Lipinski definition) is 1. The average molecular weight is 114 g/mol. The maximum absolute atomic E-state index is 5.60. The molecule has 0 rings (SSSR count). The molecule has 0 aliphatic rings. The molecular weight excluding hydrogens is 98.1 g/mol. The molecule has 0 bridgehead atoms. The molecule has 8 heavy (non-hydrogen) atoms. The van der Waals surface area contributed by atoms with Gasteiger partial charge < -0.3 is 5.73 Å². The van der Waals surface area contributed by atoms with Gasteiger partial charge in [0.15, 0.2) is 0 Å². The first-order valence-electron chi connectivity index (χ1n) is 3.36. The summed E-state index contributed by atoms with van der Waals surface area (Å²) in [6, 6.07) is 0.343. The van der Waals surface area contributed by atoms with Crippen LogP contribution in [0.15, 0.2) is 0 Å². The fourth-order valence-electron chi connectivity index (χ4n) is 0.611. The predicted octanol–water partition coefficient (Wildman–Crippen LogP) is 1.73. The third-order valence-corrected chi connectivity index (χ3v) is 1.30. The summed E-state index contributed by atoms with van der Waals surface area (Å²) in [6.07, 6.45) is 4.50. The SMILES string of the molecule is [CH2+]CC(N)CCCC. The van der Waals surface area contributed by atoms with Crippen molar-refractivity contribution in [1.82, 2.24) is 0 Å². The Morgan fingerprint density at radius 1 is 1.62 bits per heavy atom. The van der Waals surface area contributed by atoms with Crippen molar-refractivity contribution in [1.29, 1.82) is 0 Å². The lowest BCUT2D eigenvalue weighted by Crippen LogP contribution is -2.17. The van der Waals surface area contributed by atoms with Crippen molar-refractivity contribution in [3.63, 3.8) is 0 Å². The van der Waals surface area contributed by atoms with E-state index in [9.17, 15) is 0 Å². The van der Waals surface area contributed by atoms with Crippen molar-refractivity contribution < 1.29 is 0 Å². The standard InChI is InChI=1S/C7H16N/c1-3-5-6-7(8)4-2/h7H,2-6,8H2,1H3/q+1. The number of unbranched alkanes of at least 4 members (excludes halogenated alkanes) is 1. The first kappa shape index (κ1) is 7.83. The minimum atomic E-state index is 0.343. The molecule has 48 valence electrons. The molecule has 2 N–H and O–H groups in total. The van der Waals surface area contributed by atoms with Crippen molar-refractivity contribution in [2.24, 2.45) is 5.73 Å². The number of rotatable bonds is 4. The molecule has 1 unspecified atom stereocenters. The van der Waals surface area contributed by atoms with Gasteiger partial charge in [-0.05, 0) is 6.42 Å². The number of hydrogen-bond donors (Lipinski definition) is 1.